The Morgan fingerprint density at radius 3 is 2.47 bits per heavy atom. The van der Waals surface area contributed by atoms with E-state index in [1.807, 2.05) is 23.5 Å². The van der Waals surface area contributed by atoms with E-state index in [1.165, 1.54) is 15.3 Å². The fourth-order valence-corrected chi connectivity index (χ4v) is 2.72. The monoisotopic (exact) mass is 247 g/mol. The van der Waals surface area contributed by atoms with Gasteiger partial charge in [0.25, 0.3) is 0 Å². The van der Waals surface area contributed by atoms with E-state index in [9.17, 15) is 0 Å². The Balaban J connectivity index is 2.24. The molecule has 0 bridgehead atoms. The van der Waals surface area contributed by atoms with Gasteiger partial charge in [0.2, 0.25) is 0 Å². The van der Waals surface area contributed by atoms with Gasteiger partial charge in [-0.3, -0.25) is 0 Å². The van der Waals surface area contributed by atoms with E-state index < -0.39 is 0 Å². The molecule has 2 N–H and O–H groups in total. The van der Waals surface area contributed by atoms with Gasteiger partial charge < -0.3 is 10.5 Å². The Morgan fingerprint density at radius 1 is 1.18 bits per heavy atom. The second-order valence-corrected chi connectivity index (χ2v) is 5.18. The van der Waals surface area contributed by atoms with Crippen molar-refractivity contribution in [3.05, 3.63) is 41.3 Å². The molecule has 17 heavy (non-hydrogen) atoms. The van der Waals surface area contributed by atoms with E-state index in [2.05, 4.69) is 31.2 Å². The molecule has 0 saturated carbocycles. The van der Waals surface area contributed by atoms with Gasteiger partial charge in [0.1, 0.15) is 5.75 Å². The average molecular weight is 247 g/mol. The minimum Gasteiger partial charge on any atom is -0.497 e. The lowest BCUT2D eigenvalue weighted by Crippen LogP contribution is -2.06. The van der Waals surface area contributed by atoms with Crippen molar-refractivity contribution in [2.75, 3.05) is 13.7 Å². The zero-order valence-corrected chi connectivity index (χ0v) is 11.0. The van der Waals surface area contributed by atoms with Crippen LogP contribution in [0.2, 0.25) is 0 Å². The predicted octanol–water partition coefficient (Wildman–Crippen LogP) is 3.49. The summed E-state index contributed by atoms with van der Waals surface area (Å²) in [5.74, 6) is 1.33. The van der Waals surface area contributed by atoms with Gasteiger partial charge in [-0.05, 0) is 48.5 Å². The van der Waals surface area contributed by atoms with Crippen LogP contribution in [0.3, 0.4) is 0 Å². The van der Waals surface area contributed by atoms with E-state index in [4.69, 9.17) is 10.5 Å². The van der Waals surface area contributed by atoms with Gasteiger partial charge in [-0.1, -0.05) is 6.92 Å². The van der Waals surface area contributed by atoms with Gasteiger partial charge in [0.15, 0.2) is 0 Å². The average Bonchev–Trinajstić information content (AvgIpc) is 2.87. The highest BCUT2D eigenvalue weighted by molar-refractivity contribution is 7.15. The van der Waals surface area contributed by atoms with Crippen LogP contribution in [0.25, 0.3) is 10.4 Å². The number of hydrogen-bond acceptors (Lipinski definition) is 3. The Labute approximate surface area is 106 Å². The molecule has 1 unspecified atom stereocenters. The summed E-state index contributed by atoms with van der Waals surface area (Å²) in [4.78, 5) is 2.63. The molecule has 0 aliphatic heterocycles. The Kier molecular flexibility index (Phi) is 3.82. The van der Waals surface area contributed by atoms with Crippen molar-refractivity contribution < 1.29 is 4.74 Å². The number of benzene rings is 1. The summed E-state index contributed by atoms with van der Waals surface area (Å²) in [6.07, 6.45) is 0. The molecule has 1 atom stereocenters. The lowest BCUT2D eigenvalue weighted by Gasteiger charge is -2.04. The third-order valence-electron chi connectivity index (χ3n) is 2.84. The van der Waals surface area contributed by atoms with Gasteiger partial charge in [-0.15, -0.1) is 11.3 Å². The van der Waals surface area contributed by atoms with Crippen LogP contribution in [0.4, 0.5) is 0 Å². The highest BCUT2D eigenvalue weighted by atomic mass is 32.1. The fourth-order valence-electron chi connectivity index (χ4n) is 1.64. The van der Waals surface area contributed by atoms with E-state index >= 15 is 0 Å². The number of methoxy groups -OCH3 is 1. The zero-order chi connectivity index (χ0) is 12.3. The van der Waals surface area contributed by atoms with E-state index in [-0.39, 0.29) is 0 Å². The van der Waals surface area contributed by atoms with Crippen molar-refractivity contribution >= 4 is 11.3 Å². The first-order valence-corrected chi connectivity index (χ1v) is 6.50. The molecule has 90 valence electrons. The molecular weight excluding hydrogens is 230 g/mol. The molecule has 3 heteroatoms. The largest absolute Gasteiger partial charge is 0.497 e. The molecule has 0 aliphatic carbocycles. The molecule has 0 saturated heterocycles. The van der Waals surface area contributed by atoms with E-state index in [1.54, 1.807) is 7.11 Å². The first kappa shape index (κ1) is 12.1. The maximum Gasteiger partial charge on any atom is 0.118 e. The molecule has 2 rings (SSSR count). The lowest BCUT2D eigenvalue weighted by atomic mass is 10.1. The molecule has 0 amide bonds. The smallest absolute Gasteiger partial charge is 0.118 e. The summed E-state index contributed by atoms with van der Waals surface area (Å²) in [5, 5.41) is 0. The van der Waals surface area contributed by atoms with Gasteiger partial charge in [0.05, 0.1) is 7.11 Å². The molecule has 1 heterocycles. The summed E-state index contributed by atoms with van der Waals surface area (Å²) in [6.45, 7) is 2.85. The summed E-state index contributed by atoms with van der Waals surface area (Å²) in [7, 11) is 1.68. The Hall–Kier alpha value is -1.32. The molecule has 0 fully saturated rings. The molecule has 0 radical (unpaired) electrons. The van der Waals surface area contributed by atoms with Gasteiger partial charge in [0, 0.05) is 15.7 Å². The first-order valence-electron chi connectivity index (χ1n) is 5.69. The number of ether oxygens (including phenoxy) is 1. The summed E-state index contributed by atoms with van der Waals surface area (Å²) < 4.78 is 5.15. The van der Waals surface area contributed by atoms with Crippen molar-refractivity contribution in [3.63, 3.8) is 0 Å². The molecule has 1 aromatic heterocycles. The van der Waals surface area contributed by atoms with Crippen molar-refractivity contribution in [2.45, 2.75) is 12.8 Å². The quantitative estimate of drug-likeness (QED) is 0.897. The summed E-state index contributed by atoms with van der Waals surface area (Å²) in [5.41, 5.74) is 6.91. The third-order valence-corrected chi connectivity index (χ3v) is 4.21. The third kappa shape index (κ3) is 2.68. The molecule has 2 nitrogen and oxygen atoms in total. The van der Waals surface area contributed by atoms with Gasteiger partial charge >= 0.3 is 0 Å². The normalized spacial score (nSPS) is 12.4. The maximum atomic E-state index is 5.68. The number of nitrogens with two attached hydrogens (primary N) is 1. The Bertz CT molecular complexity index is 475. The maximum absolute atomic E-state index is 5.68. The van der Waals surface area contributed by atoms with Crippen molar-refractivity contribution in [1.29, 1.82) is 0 Å². The first-order chi connectivity index (χ1) is 8.24. The van der Waals surface area contributed by atoms with Crippen LogP contribution >= 0.6 is 11.3 Å². The van der Waals surface area contributed by atoms with Crippen LogP contribution < -0.4 is 10.5 Å². The number of hydrogen-bond donors (Lipinski definition) is 1. The van der Waals surface area contributed by atoms with Crippen LogP contribution in [-0.2, 0) is 0 Å². The summed E-state index contributed by atoms with van der Waals surface area (Å²) in [6, 6.07) is 12.5. The molecule has 1 aromatic carbocycles. The number of thiophene rings is 1. The van der Waals surface area contributed by atoms with E-state index in [0.717, 1.165) is 5.75 Å². The highest BCUT2D eigenvalue weighted by Crippen LogP contribution is 2.32. The van der Waals surface area contributed by atoms with Crippen LogP contribution in [0.5, 0.6) is 5.75 Å². The molecule has 2 aromatic rings. The SMILES string of the molecule is COc1ccc(-c2ccc(C(C)CN)s2)cc1. The van der Waals surface area contributed by atoms with Crippen molar-refractivity contribution in [1.82, 2.24) is 0 Å². The second-order valence-electron chi connectivity index (χ2n) is 4.07. The van der Waals surface area contributed by atoms with Crippen LogP contribution in [-0.4, -0.2) is 13.7 Å². The van der Waals surface area contributed by atoms with Crippen LogP contribution in [0, 0.1) is 0 Å². The topological polar surface area (TPSA) is 35.2 Å². The highest BCUT2D eigenvalue weighted by Gasteiger charge is 2.08. The zero-order valence-electron chi connectivity index (χ0n) is 10.1. The van der Waals surface area contributed by atoms with Crippen LogP contribution in [0.1, 0.15) is 17.7 Å². The van der Waals surface area contributed by atoms with Gasteiger partial charge in [-0.25, -0.2) is 0 Å². The minimum atomic E-state index is 0.437. The predicted molar refractivity (Wildman–Crippen MR) is 73.8 cm³/mol. The van der Waals surface area contributed by atoms with Crippen LogP contribution in [0.15, 0.2) is 36.4 Å². The second kappa shape index (κ2) is 5.34. The molecule has 0 aliphatic rings. The minimum absolute atomic E-state index is 0.437. The van der Waals surface area contributed by atoms with E-state index in [0.29, 0.717) is 12.5 Å². The molecule has 0 spiro atoms. The standard InChI is InChI=1S/C14H17NOS/c1-10(9-15)13-7-8-14(17-13)11-3-5-12(16-2)6-4-11/h3-8,10H,9,15H2,1-2H3. The summed E-state index contributed by atoms with van der Waals surface area (Å²) >= 11 is 1.81. The number of rotatable bonds is 4. The lowest BCUT2D eigenvalue weighted by molar-refractivity contribution is 0.415. The fraction of sp³-hybridized carbons (Fsp3) is 0.286. The molecular formula is C14H17NOS. The van der Waals surface area contributed by atoms with Crippen molar-refractivity contribution in [3.8, 4) is 16.2 Å². The van der Waals surface area contributed by atoms with Gasteiger partial charge in [-0.2, -0.15) is 0 Å². The van der Waals surface area contributed by atoms with Crippen molar-refractivity contribution in [2.24, 2.45) is 5.73 Å². The Morgan fingerprint density at radius 2 is 1.88 bits per heavy atom.